The fourth-order valence-corrected chi connectivity index (χ4v) is 2.87. The summed E-state index contributed by atoms with van der Waals surface area (Å²) in [5.74, 6) is 1.40. The van der Waals surface area contributed by atoms with Gasteiger partial charge in [0.1, 0.15) is 11.6 Å². The highest BCUT2D eigenvalue weighted by molar-refractivity contribution is 5.76. The molecular weight excluding hydrogens is 229 g/mol. The van der Waals surface area contributed by atoms with E-state index >= 15 is 0 Å². The van der Waals surface area contributed by atoms with Gasteiger partial charge >= 0.3 is 0 Å². The third kappa shape index (κ3) is 1.72. The third-order valence-corrected chi connectivity index (χ3v) is 3.87. The minimum Gasteiger partial charge on any atom is -0.327 e. The molecule has 1 aromatic carbocycles. The van der Waals surface area contributed by atoms with E-state index in [0.717, 1.165) is 29.9 Å². The van der Waals surface area contributed by atoms with Crippen LogP contribution in [-0.4, -0.2) is 16.1 Å². The summed E-state index contributed by atoms with van der Waals surface area (Å²) in [7, 11) is 0. The lowest BCUT2D eigenvalue weighted by atomic mass is 10.0. The molecule has 96 valence electrons. The molecule has 0 aliphatic carbocycles. The molecule has 1 aliphatic heterocycles. The Bertz CT molecular complexity index is 576. The van der Waals surface area contributed by atoms with Gasteiger partial charge in [-0.1, -0.05) is 6.92 Å². The first-order valence-corrected chi connectivity index (χ1v) is 6.59. The second-order valence-corrected chi connectivity index (χ2v) is 5.05. The fourth-order valence-electron chi connectivity index (χ4n) is 2.87. The normalized spacial score (nSPS) is 23.9. The quantitative estimate of drug-likeness (QED) is 0.884. The maximum atomic E-state index is 13.3. The lowest BCUT2D eigenvalue weighted by Gasteiger charge is -2.16. The van der Waals surface area contributed by atoms with Crippen LogP contribution in [0.1, 0.15) is 32.1 Å². The summed E-state index contributed by atoms with van der Waals surface area (Å²) in [6, 6.07) is 5.14. The van der Waals surface area contributed by atoms with Gasteiger partial charge in [0.2, 0.25) is 0 Å². The van der Waals surface area contributed by atoms with Crippen molar-refractivity contribution in [3.8, 4) is 0 Å². The zero-order chi connectivity index (χ0) is 12.7. The van der Waals surface area contributed by atoms with Crippen molar-refractivity contribution in [2.75, 3.05) is 6.54 Å². The first-order chi connectivity index (χ1) is 8.70. The third-order valence-electron chi connectivity index (χ3n) is 3.87. The van der Waals surface area contributed by atoms with E-state index in [0.29, 0.717) is 12.0 Å². The Kier molecular flexibility index (Phi) is 2.82. The van der Waals surface area contributed by atoms with Crippen LogP contribution in [0.5, 0.6) is 0 Å². The molecule has 0 bridgehead atoms. The van der Waals surface area contributed by atoms with Crippen LogP contribution in [0.15, 0.2) is 18.2 Å². The molecule has 0 spiro atoms. The van der Waals surface area contributed by atoms with Gasteiger partial charge in [-0.05, 0) is 37.9 Å². The van der Waals surface area contributed by atoms with Gasteiger partial charge in [-0.3, -0.25) is 0 Å². The van der Waals surface area contributed by atoms with Crippen molar-refractivity contribution < 1.29 is 4.39 Å². The molecule has 18 heavy (non-hydrogen) atoms. The van der Waals surface area contributed by atoms with E-state index in [1.807, 2.05) is 6.07 Å². The van der Waals surface area contributed by atoms with Crippen LogP contribution in [0.4, 0.5) is 4.39 Å². The number of hydrogen-bond donors (Lipinski definition) is 1. The second-order valence-electron chi connectivity index (χ2n) is 5.05. The number of imidazole rings is 1. The molecule has 1 fully saturated rings. The topological polar surface area (TPSA) is 29.9 Å². The van der Waals surface area contributed by atoms with E-state index in [1.54, 1.807) is 0 Å². The number of aryl methyl sites for hydroxylation is 1. The van der Waals surface area contributed by atoms with Crippen LogP contribution in [0.2, 0.25) is 0 Å². The molecule has 1 saturated heterocycles. The molecule has 1 aromatic heterocycles. The lowest BCUT2D eigenvalue weighted by Crippen LogP contribution is -2.21. The van der Waals surface area contributed by atoms with Crippen LogP contribution in [0.25, 0.3) is 11.0 Å². The van der Waals surface area contributed by atoms with Gasteiger partial charge in [0.05, 0.1) is 17.1 Å². The highest BCUT2D eigenvalue weighted by Gasteiger charge is 2.28. The summed E-state index contributed by atoms with van der Waals surface area (Å²) in [4.78, 5) is 4.64. The predicted octanol–water partition coefficient (Wildman–Crippen LogP) is 2.87. The van der Waals surface area contributed by atoms with E-state index < -0.39 is 0 Å². The van der Waals surface area contributed by atoms with Crippen molar-refractivity contribution in [3.05, 3.63) is 29.8 Å². The Hall–Kier alpha value is -1.42. The van der Waals surface area contributed by atoms with Crippen LogP contribution >= 0.6 is 0 Å². The highest BCUT2D eigenvalue weighted by Crippen LogP contribution is 2.31. The fraction of sp³-hybridized carbons (Fsp3) is 0.500. The number of rotatable bonds is 2. The maximum absolute atomic E-state index is 13.3. The molecule has 2 heterocycles. The summed E-state index contributed by atoms with van der Waals surface area (Å²) in [5.41, 5.74) is 1.78. The number of halogens is 1. The van der Waals surface area contributed by atoms with Gasteiger partial charge in [-0.2, -0.15) is 0 Å². The van der Waals surface area contributed by atoms with Gasteiger partial charge in [0.15, 0.2) is 0 Å². The van der Waals surface area contributed by atoms with Gasteiger partial charge < -0.3 is 9.88 Å². The average Bonchev–Trinajstić information content (AvgIpc) is 2.91. The van der Waals surface area contributed by atoms with Gasteiger partial charge in [0.25, 0.3) is 0 Å². The minimum absolute atomic E-state index is 0.220. The Balaban J connectivity index is 2.16. The van der Waals surface area contributed by atoms with Gasteiger partial charge in [-0.15, -0.1) is 0 Å². The van der Waals surface area contributed by atoms with Crippen LogP contribution < -0.4 is 5.32 Å². The predicted molar refractivity (Wildman–Crippen MR) is 69.9 cm³/mol. The van der Waals surface area contributed by atoms with Crippen LogP contribution in [0, 0.1) is 11.7 Å². The standard InChI is InChI=1S/C14H18FN3/c1-3-18-12-5-4-10(15)8-11(12)17-14(18)13-9(2)6-7-16-13/h4-5,8-9,13,16H,3,6-7H2,1-2H3. The van der Waals surface area contributed by atoms with Crippen molar-refractivity contribution in [3.63, 3.8) is 0 Å². The van der Waals surface area contributed by atoms with E-state index in [2.05, 4.69) is 28.7 Å². The van der Waals surface area contributed by atoms with Crippen LogP contribution in [0.3, 0.4) is 0 Å². The summed E-state index contributed by atoms with van der Waals surface area (Å²) in [6.07, 6.45) is 1.17. The minimum atomic E-state index is -0.220. The Morgan fingerprint density at radius 2 is 2.33 bits per heavy atom. The first kappa shape index (κ1) is 11.7. The summed E-state index contributed by atoms with van der Waals surface area (Å²) >= 11 is 0. The summed E-state index contributed by atoms with van der Waals surface area (Å²) in [6.45, 7) is 6.24. The second kappa shape index (κ2) is 4.35. The number of benzene rings is 1. The zero-order valence-corrected chi connectivity index (χ0v) is 10.8. The maximum Gasteiger partial charge on any atom is 0.127 e. The van der Waals surface area contributed by atoms with Gasteiger partial charge in [0, 0.05) is 12.6 Å². The van der Waals surface area contributed by atoms with Crippen molar-refractivity contribution in [1.82, 2.24) is 14.9 Å². The van der Waals surface area contributed by atoms with Crippen LogP contribution in [-0.2, 0) is 6.54 Å². The summed E-state index contributed by atoms with van der Waals surface area (Å²) in [5, 5.41) is 3.50. The molecule has 1 N–H and O–H groups in total. The van der Waals surface area contributed by atoms with Crippen molar-refractivity contribution in [1.29, 1.82) is 0 Å². The monoisotopic (exact) mass is 247 g/mol. The number of nitrogens with zero attached hydrogens (tertiary/aromatic N) is 2. The smallest absolute Gasteiger partial charge is 0.127 e. The van der Waals surface area contributed by atoms with E-state index in [-0.39, 0.29) is 5.82 Å². The number of fused-ring (bicyclic) bond motifs is 1. The molecule has 0 saturated carbocycles. The van der Waals surface area contributed by atoms with Gasteiger partial charge in [-0.25, -0.2) is 9.37 Å². The molecule has 0 amide bonds. The van der Waals surface area contributed by atoms with E-state index in [4.69, 9.17) is 0 Å². The van der Waals surface area contributed by atoms with Crippen molar-refractivity contribution >= 4 is 11.0 Å². The largest absolute Gasteiger partial charge is 0.327 e. The Morgan fingerprint density at radius 1 is 1.50 bits per heavy atom. The SMILES string of the molecule is CCn1c(C2NCCC2C)nc2cc(F)ccc21. The molecule has 2 atom stereocenters. The van der Waals surface area contributed by atoms with Crippen molar-refractivity contribution in [2.45, 2.75) is 32.9 Å². The summed E-state index contributed by atoms with van der Waals surface area (Å²) < 4.78 is 15.5. The van der Waals surface area contributed by atoms with E-state index in [9.17, 15) is 4.39 Å². The molecule has 3 nitrogen and oxygen atoms in total. The molecule has 2 aromatic rings. The number of nitrogens with one attached hydrogen (secondary N) is 1. The average molecular weight is 247 g/mol. The molecule has 3 rings (SSSR count). The zero-order valence-electron chi connectivity index (χ0n) is 10.8. The van der Waals surface area contributed by atoms with Crippen molar-refractivity contribution in [2.24, 2.45) is 5.92 Å². The molecule has 0 radical (unpaired) electrons. The molecule has 4 heteroatoms. The number of hydrogen-bond acceptors (Lipinski definition) is 2. The Labute approximate surface area is 106 Å². The number of aromatic nitrogens is 2. The molecule has 2 unspecified atom stereocenters. The highest BCUT2D eigenvalue weighted by atomic mass is 19.1. The Morgan fingerprint density at radius 3 is 3.00 bits per heavy atom. The molecular formula is C14H18FN3. The lowest BCUT2D eigenvalue weighted by molar-refractivity contribution is 0.462. The first-order valence-electron chi connectivity index (χ1n) is 6.59. The molecule has 1 aliphatic rings. The van der Waals surface area contributed by atoms with E-state index in [1.165, 1.54) is 18.6 Å².